The minimum atomic E-state index is -0.339. The maximum atomic E-state index is 14.3. The molecule has 0 spiro atoms. The van der Waals surface area contributed by atoms with Crippen molar-refractivity contribution < 1.29 is 9.13 Å². The Hall–Kier alpha value is -2.91. The highest BCUT2D eigenvalue weighted by atomic mass is 19.1. The molecule has 0 amide bonds. The van der Waals surface area contributed by atoms with Gasteiger partial charge < -0.3 is 26.1 Å². The van der Waals surface area contributed by atoms with Crippen LogP contribution in [0.5, 0.6) is 0 Å². The van der Waals surface area contributed by atoms with Crippen LogP contribution in [0.4, 0.5) is 21.8 Å². The van der Waals surface area contributed by atoms with Crippen LogP contribution in [0.1, 0.15) is 37.4 Å². The number of nitrogens with zero attached hydrogens (tertiary/aromatic N) is 3. The summed E-state index contributed by atoms with van der Waals surface area (Å²) in [5.74, 6) is 1.55. The molecule has 2 aliphatic rings. The Morgan fingerprint density at radius 2 is 2.00 bits per heavy atom. The lowest BCUT2D eigenvalue weighted by molar-refractivity contribution is 0.0387. The predicted molar refractivity (Wildman–Crippen MR) is 125 cm³/mol. The third-order valence-electron chi connectivity index (χ3n) is 6.02. The smallest absolute Gasteiger partial charge is 0.209 e. The van der Waals surface area contributed by atoms with Crippen LogP contribution in [-0.2, 0) is 4.74 Å². The number of aromatic nitrogens is 2. The van der Waals surface area contributed by atoms with E-state index >= 15 is 0 Å². The molecule has 172 valence electrons. The molecule has 1 aliphatic carbocycles. The van der Waals surface area contributed by atoms with Gasteiger partial charge in [0.2, 0.25) is 5.95 Å². The molecule has 1 aliphatic heterocycles. The van der Waals surface area contributed by atoms with E-state index in [0.717, 1.165) is 65.1 Å². The minimum Gasteiger partial charge on any atom is -0.379 e. The number of ether oxygens (including phenoxy) is 1. The Labute approximate surface area is 188 Å². The van der Waals surface area contributed by atoms with Crippen LogP contribution in [0.2, 0.25) is 0 Å². The van der Waals surface area contributed by atoms with Crippen molar-refractivity contribution >= 4 is 23.7 Å². The van der Waals surface area contributed by atoms with Crippen LogP contribution in [-0.4, -0.2) is 60.1 Å². The number of imidazole rings is 1. The van der Waals surface area contributed by atoms with E-state index in [4.69, 9.17) is 10.1 Å². The van der Waals surface area contributed by atoms with Gasteiger partial charge in [0.25, 0.3) is 0 Å². The third kappa shape index (κ3) is 5.28. The highest BCUT2D eigenvalue weighted by molar-refractivity contribution is 5.84. The summed E-state index contributed by atoms with van der Waals surface area (Å²) in [6.45, 7) is 9.22. The van der Waals surface area contributed by atoms with Gasteiger partial charge in [0.1, 0.15) is 17.3 Å². The van der Waals surface area contributed by atoms with E-state index < -0.39 is 0 Å². The van der Waals surface area contributed by atoms with Gasteiger partial charge in [0.15, 0.2) is 0 Å². The SMILES string of the molecule is C=C(NCCN1CCOCC1)Nc1c(C=N)nc(Nc2ccccc2F)n1C1CCCC1. The van der Waals surface area contributed by atoms with Crippen LogP contribution < -0.4 is 16.0 Å². The maximum Gasteiger partial charge on any atom is 0.209 e. The molecule has 8 nitrogen and oxygen atoms in total. The Balaban J connectivity index is 1.50. The largest absolute Gasteiger partial charge is 0.379 e. The van der Waals surface area contributed by atoms with Crippen LogP contribution >= 0.6 is 0 Å². The Bertz CT molecular complexity index is 932. The number of hydrogen-bond acceptors (Lipinski definition) is 7. The molecule has 1 aromatic heterocycles. The number of anilines is 3. The number of rotatable bonds is 10. The molecule has 4 N–H and O–H groups in total. The fourth-order valence-corrected chi connectivity index (χ4v) is 4.34. The van der Waals surface area contributed by atoms with E-state index in [1.54, 1.807) is 18.2 Å². The van der Waals surface area contributed by atoms with Gasteiger partial charge >= 0.3 is 0 Å². The maximum absolute atomic E-state index is 14.3. The zero-order valence-corrected chi connectivity index (χ0v) is 18.4. The van der Waals surface area contributed by atoms with Gasteiger partial charge in [0, 0.05) is 38.4 Å². The summed E-state index contributed by atoms with van der Waals surface area (Å²) in [7, 11) is 0. The van der Waals surface area contributed by atoms with Gasteiger partial charge in [-0.1, -0.05) is 31.6 Å². The Morgan fingerprint density at radius 1 is 1.25 bits per heavy atom. The lowest BCUT2D eigenvalue weighted by atomic mass is 10.2. The molecule has 4 rings (SSSR count). The highest BCUT2D eigenvalue weighted by Gasteiger charge is 2.26. The molecule has 0 atom stereocenters. The van der Waals surface area contributed by atoms with E-state index in [1.807, 2.05) is 0 Å². The molecule has 9 heteroatoms. The molecular formula is C23H32FN7O. The Morgan fingerprint density at radius 3 is 2.72 bits per heavy atom. The second-order valence-electron chi connectivity index (χ2n) is 8.21. The molecule has 32 heavy (non-hydrogen) atoms. The van der Waals surface area contributed by atoms with E-state index in [-0.39, 0.29) is 11.9 Å². The molecule has 2 aromatic rings. The molecule has 0 radical (unpaired) electrons. The van der Waals surface area contributed by atoms with Crippen molar-refractivity contribution in [3.05, 3.63) is 48.2 Å². The molecule has 0 unspecified atom stereocenters. The summed E-state index contributed by atoms with van der Waals surface area (Å²) >= 11 is 0. The van der Waals surface area contributed by atoms with Gasteiger partial charge in [-0.05, 0) is 25.0 Å². The molecule has 1 saturated carbocycles. The quantitative estimate of drug-likeness (QED) is 0.421. The number of halogens is 1. The van der Waals surface area contributed by atoms with Crippen LogP contribution in [0.15, 0.2) is 36.7 Å². The molecular weight excluding hydrogens is 409 g/mol. The van der Waals surface area contributed by atoms with Crippen LogP contribution in [0.25, 0.3) is 0 Å². The molecule has 1 aromatic carbocycles. The second kappa shape index (κ2) is 10.6. The first-order chi connectivity index (χ1) is 15.7. The van der Waals surface area contributed by atoms with E-state index in [0.29, 0.717) is 29.0 Å². The van der Waals surface area contributed by atoms with Crippen molar-refractivity contribution in [1.82, 2.24) is 19.8 Å². The topological polar surface area (TPSA) is 90.2 Å². The number of morpholine rings is 1. The number of para-hydroxylation sites is 1. The van der Waals surface area contributed by atoms with Gasteiger partial charge in [-0.3, -0.25) is 9.47 Å². The predicted octanol–water partition coefficient (Wildman–Crippen LogP) is 3.68. The first-order valence-electron chi connectivity index (χ1n) is 11.3. The number of hydrogen-bond donors (Lipinski definition) is 4. The summed E-state index contributed by atoms with van der Waals surface area (Å²) < 4.78 is 21.7. The number of nitrogens with one attached hydrogen (secondary N) is 4. The van der Waals surface area contributed by atoms with Gasteiger partial charge in [-0.15, -0.1) is 0 Å². The summed E-state index contributed by atoms with van der Waals surface area (Å²) in [5.41, 5.74) is 0.856. The van der Waals surface area contributed by atoms with Crippen molar-refractivity contribution in [2.75, 3.05) is 50.0 Å². The van der Waals surface area contributed by atoms with Gasteiger partial charge in [-0.25, -0.2) is 9.37 Å². The molecule has 0 bridgehead atoms. The fraction of sp³-hybridized carbons (Fsp3) is 0.478. The van der Waals surface area contributed by atoms with Crippen molar-refractivity contribution in [1.29, 1.82) is 5.41 Å². The zero-order chi connectivity index (χ0) is 22.3. The van der Waals surface area contributed by atoms with Crippen molar-refractivity contribution in [2.24, 2.45) is 0 Å². The van der Waals surface area contributed by atoms with E-state index in [1.165, 1.54) is 12.3 Å². The normalized spacial score (nSPS) is 17.3. The Kier molecular flexibility index (Phi) is 7.39. The zero-order valence-electron chi connectivity index (χ0n) is 18.4. The summed E-state index contributed by atoms with van der Waals surface area (Å²) in [6, 6.07) is 6.78. The molecule has 2 heterocycles. The highest BCUT2D eigenvalue weighted by Crippen LogP contribution is 2.37. The van der Waals surface area contributed by atoms with Crippen molar-refractivity contribution in [3.8, 4) is 0 Å². The minimum absolute atomic E-state index is 0.231. The van der Waals surface area contributed by atoms with E-state index in [9.17, 15) is 4.39 Å². The third-order valence-corrected chi connectivity index (χ3v) is 6.02. The van der Waals surface area contributed by atoms with Crippen molar-refractivity contribution in [3.63, 3.8) is 0 Å². The average Bonchev–Trinajstić information content (AvgIpc) is 3.44. The summed E-state index contributed by atoms with van der Waals surface area (Å²) in [5, 5.41) is 17.7. The van der Waals surface area contributed by atoms with Crippen molar-refractivity contribution in [2.45, 2.75) is 31.7 Å². The van der Waals surface area contributed by atoms with Gasteiger partial charge in [-0.2, -0.15) is 0 Å². The first kappa shape index (κ1) is 22.3. The fourth-order valence-electron chi connectivity index (χ4n) is 4.34. The lowest BCUT2D eigenvalue weighted by Crippen LogP contribution is -2.40. The molecule has 1 saturated heterocycles. The average molecular weight is 442 g/mol. The lowest BCUT2D eigenvalue weighted by Gasteiger charge is -2.27. The van der Waals surface area contributed by atoms with Crippen LogP contribution in [0, 0.1) is 11.2 Å². The van der Waals surface area contributed by atoms with E-state index in [2.05, 4.69) is 37.0 Å². The summed E-state index contributed by atoms with van der Waals surface area (Å²) in [6.07, 6.45) is 5.54. The molecule has 2 fully saturated rings. The summed E-state index contributed by atoms with van der Waals surface area (Å²) in [4.78, 5) is 6.96. The monoisotopic (exact) mass is 441 g/mol. The van der Waals surface area contributed by atoms with Gasteiger partial charge in [0.05, 0.1) is 24.7 Å². The number of benzene rings is 1. The first-order valence-corrected chi connectivity index (χ1v) is 11.3. The van der Waals surface area contributed by atoms with Crippen LogP contribution in [0.3, 0.4) is 0 Å². The second-order valence-corrected chi connectivity index (χ2v) is 8.21. The standard InChI is InChI=1S/C23H32FN7O/c1-17(26-10-11-30-12-14-32-15-13-30)27-22-21(16-25)29-23(31(22)18-6-2-3-7-18)28-20-9-5-4-8-19(20)24/h4-5,8-9,16,18,25-27H,1-3,6-7,10-15H2,(H,28,29).